The van der Waals surface area contributed by atoms with E-state index in [0.29, 0.717) is 12.8 Å². The van der Waals surface area contributed by atoms with Gasteiger partial charge in [0.15, 0.2) is 0 Å². The van der Waals surface area contributed by atoms with Crippen LogP contribution in [0.25, 0.3) is 0 Å². The summed E-state index contributed by atoms with van der Waals surface area (Å²) in [6.45, 7) is 5.81. The number of benzene rings is 1. The maximum absolute atomic E-state index is 12.0. The lowest BCUT2D eigenvalue weighted by Crippen LogP contribution is -2.32. The molecular weight excluding hydrogens is 328 g/mol. The van der Waals surface area contributed by atoms with E-state index < -0.39 is 11.4 Å². The van der Waals surface area contributed by atoms with Crippen LogP contribution in [0, 0.1) is 17.8 Å². The second kappa shape index (κ2) is 9.43. The molecule has 0 aliphatic heterocycles. The fraction of sp³-hybridized carbons (Fsp3) is 0.545. The summed E-state index contributed by atoms with van der Waals surface area (Å²) in [5, 5.41) is 9.83. The van der Waals surface area contributed by atoms with Gasteiger partial charge in [-0.3, -0.25) is 9.59 Å². The van der Waals surface area contributed by atoms with Crippen molar-refractivity contribution >= 4 is 11.9 Å². The van der Waals surface area contributed by atoms with Crippen LogP contribution in [0.1, 0.15) is 64.0 Å². The molecule has 0 saturated heterocycles. The molecule has 0 heterocycles. The molecular formula is C22H30O4. The van der Waals surface area contributed by atoms with Crippen LogP contribution in [-0.4, -0.2) is 24.2 Å². The predicted molar refractivity (Wildman–Crippen MR) is 103 cm³/mol. The van der Waals surface area contributed by atoms with Crippen molar-refractivity contribution in [1.29, 1.82) is 0 Å². The van der Waals surface area contributed by atoms with E-state index in [1.165, 1.54) is 7.11 Å². The van der Waals surface area contributed by atoms with E-state index in [2.05, 4.69) is 10.7 Å². The Kier molecular flexibility index (Phi) is 7.89. The molecule has 0 saturated carbocycles. The Bertz CT molecular complexity index is 669. The summed E-state index contributed by atoms with van der Waals surface area (Å²) in [5.41, 5.74) is 0.590. The minimum Gasteiger partial charge on any atom is -0.481 e. The minimum absolute atomic E-state index is 0.159. The highest BCUT2D eigenvalue weighted by atomic mass is 16.5. The Labute approximate surface area is 157 Å². The van der Waals surface area contributed by atoms with E-state index in [1.54, 1.807) is 6.92 Å². The van der Waals surface area contributed by atoms with E-state index >= 15 is 0 Å². The zero-order chi connectivity index (χ0) is 19.8. The van der Waals surface area contributed by atoms with Crippen molar-refractivity contribution < 1.29 is 19.4 Å². The van der Waals surface area contributed by atoms with Gasteiger partial charge in [0.25, 0.3) is 0 Å². The van der Waals surface area contributed by atoms with Crippen LogP contribution >= 0.6 is 0 Å². The van der Waals surface area contributed by atoms with Crippen LogP contribution in [0.4, 0.5) is 0 Å². The van der Waals surface area contributed by atoms with Gasteiger partial charge in [-0.25, -0.2) is 0 Å². The van der Waals surface area contributed by atoms with Crippen molar-refractivity contribution in [2.75, 3.05) is 7.11 Å². The summed E-state index contributed by atoms with van der Waals surface area (Å²) < 4.78 is 4.66. The summed E-state index contributed by atoms with van der Waals surface area (Å²) >= 11 is 0. The van der Waals surface area contributed by atoms with Gasteiger partial charge in [-0.15, -0.1) is 12.3 Å². The van der Waals surface area contributed by atoms with Crippen LogP contribution in [0.15, 0.2) is 24.3 Å². The van der Waals surface area contributed by atoms with Gasteiger partial charge < -0.3 is 9.84 Å². The van der Waals surface area contributed by atoms with Gasteiger partial charge in [0, 0.05) is 11.8 Å². The van der Waals surface area contributed by atoms with Crippen molar-refractivity contribution in [3.05, 3.63) is 35.4 Å². The Morgan fingerprint density at radius 3 is 2.42 bits per heavy atom. The second-order valence-corrected chi connectivity index (χ2v) is 7.65. The number of rotatable bonds is 10. The van der Waals surface area contributed by atoms with Gasteiger partial charge in [-0.05, 0) is 51.2 Å². The first-order valence-corrected chi connectivity index (χ1v) is 9.02. The molecule has 0 bridgehead atoms. The fourth-order valence-corrected chi connectivity index (χ4v) is 2.91. The SMILES string of the molecule is C#CC(C)(C)CCCCC(C)(C(=O)O)c1cccc(CCC(=O)OC)c1. The lowest BCUT2D eigenvalue weighted by atomic mass is 9.76. The molecule has 0 spiro atoms. The van der Waals surface area contributed by atoms with Gasteiger partial charge in [0.1, 0.15) is 0 Å². The molecule has 4 nitrogen and oxygen atoms in total. The topological polar surface area (TPSA) is 63.6 Å². The highest BCUT2D eigenvalue weighted by Crippen LogP contribution is 2.32. The third kappa shape index (κ3) is 6.22. The molecule has 0 aliphatic rings. The monoisotopic (exact) mass is 358 g/mol. The van der Waals surface area contributed by atoms with Gasteiger partial charge in [0.2, 0.25) is 0 Å². The largest absolute Gasteiger partial charge is 0.481 e. The number of hydrogen-bond donors (Lipinski definition) is 1. The first kappa shape index (κ1) is 21.8. The lowest BCUT2D eigenvalue weighted by molar-refractivity contribution is -0.143. The molecule has 0 fully saturated rings. The molecule has 0 aromatic heterocycles. The molecule has 1 N–H and O–H groups in total. The number of terminal acetylenes is 1. The van der Waals surface area contributed by atoms with E-state index in [9.17, 15) is 14.7 Å². The first-order valence-electron chi connectivity index (χ1n) is 9.02. The maximum atomic E-state index is 12.0. The van der Waals surface area contributed by atoms with Crippen molar-refractivity contribution in [2.24, 2.45) is 5.41 Å². The number of aliphatic carboxylic acids is 1. The molecule has 1 unspecified atom stereocenters. The number of aryl methyl sites for hydroxylation is 1. The summed E-state index contributed by atoms with van der Waals surface area (Å²) in [7, 11) is 1.36. The summed E-state index contributed by atoms with van der Waals surface area (Å²) in [6, 6.07) is 7.50. The number of carbonyl (C=O) groups excluding carboxylic acids is 1. The molecule has 1 rings (SSSR count). The number of hydrogen-bond acceptors (Lipinski definition) is 3. The van der Waals surface area contributed by atoms with Gasteiger partial charge >= 0.3 is 11.9 Å². The van der Waals surface area contributed by atoms with Crippen LogP contribution < -0.4 is 0 Å². The predicted octanol–water partition coefficient (Wildman–Crippen LogP) is 4.35. The number of carbonyl (C=O) groups is 2. The number of esters is 1. The first-order chi connectivity index (χ1) is 12.1. The lowest BCUT2D eigenvalue weighted by Gasteiger charge is -2.26. The minimum atomic E-state index is -0.957. The molecule has 0 aliphatic carbocycles. The normalized spacial score (nSPS) is 13.5. The molecule has 142 valence electrons. The highest BCUT2D eigenvalue weighted by Gasteiger charge is 2.34. The van der Waals surface area contributed by atoms with Crippen LogP contribution in [0.3, 0.4) is 0 Å². The van der Waals surface area contributed by atoms with Crippen molar-refractivity contribution in [1.82, 2.24) is 0 Å². The summed E-state index contributed by atoms with van der Waals surface area (Å²) in [6.07, 6.45) is 9.43. The van der Waals surface area contributed by atoms with E-state index in [4.69, 9.17) is 6.42 Å². The van der Waals surface area contributed by atoms with E-state index in [1.807, 2.05) is 38.1 Å². The summed E-state index contributed by atoms with van der Waals surface area (Å²) in [4.78, 5) is 23.3. The van der Waals surface area contributed by atoms with Crippen LogP contribution in [0.5, 0.6) is 0 Å². The van der Waals surface area contributed by atoms with Gasteiger partial charge in [-0.2, -0.15) is 0 Å². The Morgan fingerprint density at radius 1 is 1.19 bits per heavy atom. The van der Waals surface area contributed by atoms with E-state index in [-0.39, 0.29) is 17.8 Å². The molecule has 26 heavy (non-hydrogen) atoms. The third-order valence-electron chi connectivity index (χ3n) is 5.00. The van der Waals surface area contributed by atoms with Crippen molar-refractivity contribution in [3.8, 4) is 12.3 Å². The standard InChI is InChI=1S/C22H30O4/c1-6-21(2,3)14-7-8-15-22(4,20(24)25)18-11-9-10-17(16-18)12-13-19(23)26-5/h1,9-11,16H,7-8,12-15H2,2-5H3,(H,24,25). The Hall–Kier alpha value is -2.28. The third-order valence-corrected chi connectivity index (χ3v) is 5.00. The van der Waals surface area contributed by atoms with Crippen molar-refractivity contribution in [3.63, 3.8) is 0 Å². The number of carboxylic acids is 1. The van der Waals surface area contributed by atoms with Gasteiger partial charge in [0.05, 0.1) is 12.5 Å². The molecule has 4 heteroatoms. The van der Waals surface area contributed by atoms with E-state index in [0.717, 1.165) is 30.4 Å². The molecule has 1 aromatic carbocycles. The quantitative estimate of drug-likeness (QED) is 0.383. The highest BCUT2D eigenvalue weighted by molar-refractivity contribution is 5.81. The smallest absolute Gasteiger partial charge is 0.313 e. The van der Waals surface area contributed by atoms with Gasteiger partial charge in [-0.1, -0.05) is 37.1 Å². The second-order valence-electron chi connectivity index (χ2n) is 7.65. The zero-order valence-corrected chi connectivity index (χ0v) is 16.3. The number of unbranched alkanes of at least 4 members (excludes halogenated alkanes) is 1. The molecule has 1 aromatic rings. The number of ether oxygens (including phenoxy) is 1. The fourth-order valence-electron chi connectivity index (χ4n) is 2.91. The maximum Gasteiger partial charge on any atom is 0.313 e. The Balaban J connectivity index is 2.83. The molecule has 0 amide bonds. The average Bonchev–Trinajstić information content (AvgIpc) is 2.63. The number of carboxylic acid groups (broad SMARTS) is 1. The van der Waals surface area contributed by atoms with Crippen LogP contribution in [0.2, 0.25) is 0 Å². The molecule has 0 radical (unpaired) electrons. The Morgan fingerprint density at radius 2 is 1.85 bits per heavy atom. The van der Waals surface area contributed by atoms with Crippen molar-refractivity contribution in [2.45, 2.75) is 64.7 Å². The van der Waals surface area contributed by atoms with Crippen LogP contribution in [-0.2, 0) is 26.2 Å². The average molecular weight is 358 g/mol. The zero-order valence-electron chi connectivity index (χ0n) is 16.3. The molecule has 1 atom stereocenters. The number of methoxy groups -OCH3 is 1. The summed E-state index contributed by atoms with van der Waals surface area (Å²) in [5.74, 6) is 1.67.